The molecule has 0 aromatic carbocycles. The molecule has 8 aliphatic carbocycles. The highest BCUT2D eigenvalue weighted by molar-refractivity contribution is 5.91. The second-order valence-electron chi connectivity index (χ2n) is 13.5. The maximum absolute atomic E-state index is 13.9. The van der Waals surface area contributed by atoms with Gasteiger partial charge in [-0.1, -0.05) is 0 Å². The summed E-state index contributed by atoms with van der Waals surface area (Å²) in [6.07, 6.45) is 17.6. The predicted octanol–water partition coefficient (Wildman–Crippen LogP) is 4.53. The lowest BCUT2D eigenvalue weighted by molar-refractivity contribution is -0.160. The van der Waals surface area contributed by atoms with Crippen LogP contribution in [0.3, 0.4) is 0 Å². The van der Waals surface area contributed by atoms with E-state index in [4.69, 9.17) is 0 Å². The fraction of sp³-hybridized carbons (Fsp3) is 0.926. The van der Waals surface area contributed by atoms with Crippen LogP contribution in [0.4, 0.5) is 0 Å². The lowest BCUT2D eigenvalue weighted by Crippen LogP contribution is -2.58. The van der Waals surface area contributed by atoms with Crippen molar-refractivity contribution in [3.05, 3.63) is 0 Å². The highest BCUT2D eigenvalue weighted by Crippen LogP contribution is 2.61. The SMILES string of the molecule is O=C(NCC12CC3CC(CC(C3)C1)C2)C1CCCN1C(=O)C12CC3CC(CC(C3)C1)C2. The van der Waals surface area contributed by atoms with E-state index < -0.39 is 0 Å². The quantitative estimate of drug-likeness (QED) is 0.721. The van der Waals surface area contributed by atoms with Crippen LogP contribution in [0.25, 0.3) is 0 Å². The molecule has 1 saturated heterocycles. The fourth-order valence-electron chi connectivity index (χ4n) is 10.9. The van der Waals surface area contributed by atoms with Crippen LogP contribution in [0.15, 0.2) is 0 Å². The number of nitrogens with zero attached hydrogens (tertiary/aromatic N) is 1. The molecule has 1 heterocycles. The molecule has 1 unspecified atom stereocenters. The Bertz CT molecular complexity index is 718. The van der Waals surface area contributed by atoms with Gasteiger partial charge in [0.25, 0.3) is 0 Å². The minimum atomic E-state index is -0.200. The van der Waals surface area contributed by atoms with Gasteiger partial charge in [-0.2, -0.15) is 0 Å². The van der Waals surface area contributed by atoms with Crippen molar-refractivity contribution in [2.45, 2.75) is 95.9 Å². The van der Waals surface area contributed by atoms with Crippen LogP contribution >= 0.6 is 0 Å². The Balaban J connectivity index is 1.04. The van der Waals surface area contributed by atoms with Gasteiger partial charge in [-0.05, 0) is 131 Å². The van der Waals surface area contributed by atoms with E-state index in [1.165, 1.54) is 57.8 Å². The molecule has 4 heteroatoms. The predicted molar refractivity (Wildman–Crippen MR) is 119 cm³/mol. The lowest BCUT2D eigenvalue weighted by atomic mass is 9.49. The average Bonchev–Trinajstić information content (AvgIpc) is 3.19. The second kappa shape index (κ2) is 6.73. The van der Waals surface area contributed by atoms with E-state index in [0.29, 0.717) is 11.3 Å². The normalized spacial score (nSPS) is 51.5. The van der Waals surface area contributed by atoms with Gasteiger partial charge in [0, 0.05) is 13.1 Å². The molecular weight excluding hydrogens is 384 g/mol. The fourth-order valence-corrected chi connectivity index (χ4v) is 10.9. The summed E-state index contributed by atoms with van der Waals surface area (Å²) in [6, 6.07) is -0.200. The van der Waals surface area contributed by atoms with Crippen molar-refractivity contribution in [1.82, 2.24) is 10.2 Å². The summed E-state index contributed by atoms with van der Waals surface area (Å²) < 4.78 is 0. The van der Waals surface area contributed by atoms with Crippen LogP contribution in [0.1, 0.15) is 89.9 Å². The largest absolute Gasteiger partial charge is 0.354 e. The molecule has 0 spiro atoms. The molecule has 0 aromatic heterocycles. The van der Waals surface area contributed by atoms with E-state index in [9.17, 15) is 9.59 Å². The molecule has 9 aliphatic rings. The van der Waals surface area contributed by atoms with Crippen molar-refractivity contribution in [3.63, 3.8) is 0 Å². The molecule has 2 amide bonds. The molecular formula is C27H40N2O2. The molecule has 9 fully saturated rings. The number of nitrogens with one attached hydrogen (secondary N) is 1. The van der Waals surface area contributed by atoms with E-state index >= 15 is 0 Å². The Labute approximate surface area is 187 Å². The Morgan fingerprint density at radius 2 is 1.23 bits per heavy atom. The Kier molecular flexibility index (Phi) is 4.21. The number of rotatable bonds is 4. The van der Waals surface area contributed by atoms with Crippen LogP contribution in [0.5, 0.6) is 0 Å². The summed E-state index contributed by atoms with van der Waals surface area (Å²) in [5, 5.41) is 3.41. The number of hydrogen-bond acceptors (Lipinski definition) is 2. The molecule has 31 heavy (non-hydrogen) atoms. The van der Waals surface area contributed by atoms with Gasteiger partial charge in [0.05, 0.1) is 5.41 Å². The van der Waals surface area contributed by atoms with Crippen molar-refractivity contribution in [1.29, 1.82) is 0 Å². The van der Waals surface area contributed by atoms with E-state index in [2.05, 4.69) is 5.32 Å². The van der Waals surface area contributed by atoms with Crippen LogP contribution in [-0.4, -0.2) is 35.8 Å². The number of likely N-dealkylation sites (tertiary alicyclic amines) is 1. The molecule has 0 aromatic rings. The molecule has 170 valence electrons. The standard InChI is InChI=1S/C27H40N2O2/c30-24(28-16-26-10-17-4-18(11-26)6-19(5-17)12-26)23-2-1-3-29(23)25(31)27-13-20-7-21(14-27)9-22(8-20)15-27/h17-23H,1-16H2,(H,28,30). The first-order valence-corrected chi connectivity index (χ1v) is 13.6. The first kappa shape index (κ1) is 19.4. The molecule has 1 aliphatic heterocycles. The van der Waals surface area contributed by atoms with E-state index in [0.717, 1.165) is 80.7 Å². The zero-order valence-corrected chi connectivity index (χ0v) is 19.1. The molecule has 8 saturated carbocycles. The van der Waals surface area contributed by atoms with Gasteiger partial charge in [0.1, 0.15) is 6.04 Å². The minimum absolute atomic E-state index is 0.114. The zero-order valence-electron chi connectivity index (χ0n) is 19.1. The third-order valence-electron chi connectivity index (χ3n) is 11.1. The maximum atomic E-state index is 13.9. The Morgan fingerprint density at radius 3 is 1.74 bits per heavy atom. The van der Waals surface area contributed by atoms with Crippen molar-refractivity contribution in [2.24, 2.45) is 46.3 Å². The van der Waals surface area contributed by atoms with Crippen molar-refractivity contribution in [3.8, 4) is 0 Å². The monoisotopic (exact) mass is 424 g/mol. The van der Waals surface area contributed by atoms with Crippen LogP contribution in [-0.2, 0) is 9.59 Å². The van der Waals surface area contributed by atoms with Gasteiger partial charge in [0.15, 0.2) is 0 Å². The number of carbonyl (C=O) groups excluding carboxylic acids is 2. The molecule has 4 nitrogen and oxygen atoms in total. The Morgan fingerprint density at radius 1 is 0.742 bits per heavy atom. The molecule has 0 radical (unpaired) electrons. The van der Waals surface area contributed by atoms with Crippen LogP contribution < -0.4 is 5.32 Å². The van der Waals surface area contributed by atoms with E-state index in [1.54, 1.807) is 0 Å². The summed E-state index contributed by atoms with van der Waals surface area (Å²) in [6.45, 7) is 1.67. The van der Waals surface area contributed by atoms with Gasteiger partial charge in [0.2, 0.25) is 11.8 Å². The third kappa shape index (κ3) is 3.05. The third-order valence-corrected chi connectivity index (χ3v) is 11.1. The first-order valence-electron chi connectivity index (χ1n) is 13.6. The average molecular weight is 425 g/mol. The lowest BCUT2D eigenvalue weighted by Gasteiger charge is -2.57. The summed E-state index contributed by atoms with van der Waals surface area (Å²) in [7, 11) is 0. The van der Waals surface area contributed by atoms with Crippen LogP contribution in [0.2, 0.25) is 0 Å². The molecule has 8 bridgehead atoms. The summed E-state index contributed by atoms with van der Waals surface area (Å²) in [4.78, 5) is 29.3. The van der Waals surface area contributed by atoms with Gasteiger partial charge in [-0.25, -0.2) is 0 Å². The maximum Gasteiger partial charge on any atom is 0.242 e. The van der Waals surface area contributed by atoms with Gasteiger partial charge in [-0.3, -0.25) is 9.59 Å². The van der Waals surface area contributed by atoms with E-state index in [-0.39, 0.29) is 17.4 Å². The smallest absolute Gasteiger partial charge is 0.242 e. The summed E-state index contributed by atoms with van der Waals surface area (Å²) in [5.74, 6) is 5.62. The minimum Gasteiger partial charge on any atom is -0.354 e. The number of hydrogen-bond donors (Lipinski definition) is 1. The highest BCUT2D eigenvalue weighted by Gasteiger charge is 2.57. The molecule has 1 N–H and O–H groups in total. The summed E-state index contributed by atoms with van der Waals surface area (Å²) >= 11 is 0. The van der Waals surface area contributed by atoms with Gasteiger partial charge < -0.3 is 10.2 Å². The summed E-state index contributed by atoms with van der Waals surface area (Å²) in [5.41, 5.74) is 0.259. The van der Waals surface area contributed by atoms with Gasteiger partial charge in [-0.15, -0.1) is 0 Å². The number of amides is 2. The highest BCUT2D eigenvalue weighted by atomic mass is 16.2. The second-order valence-corrected chi connectivity index (χ2v) is 13.5. The van der Waals surface area contributed by atoms with Crippen molar-refractivity contribution in [2.75, 3.05) is 13.1 Å². The molecule has 1 atom stereocenters. The first-order chi connectivity index (χ1) is 15.0. The van der Waals surface area contributed by atoms with Crippen molar-refractivity contribution >= 4 is 11.8 Å². The molecule has 9 rings (SSSR count). The van der Waals surface area contributed by atoms with E-state index in [1.807, 2.05) is 4.90 Å². The Hall–Kier alpha value is -1.06. The van der Waals surface area contributed by atoms with Gasteiger partial charge >= 0.3 is 0 Å². The topological polar surface area (TPSA) is 49.4 Å². The van der Waals surface area contributed by atoms with Crippen LogP contribution in [0, 0.1) is 46.3 Å². The van der Waals surface area contributed by atoms with Crippen molar-refractivity contribution < 1.29 is 9.59 Å². The zero-order chi connectivity index (χ0) is 20.8. The number of carbonyl (C=O) groups is 2.